The van der Waals surface area contributed by atoms with Crippen LogP contribution in [-0.4, -0.2) is 5.91 Å². The lowest BCUT2D eigenvalue weighted by atomic mass is 9.84. The van der Waals surface area contributed by atoms with Crippen LogP contribution in [0.2, 0.25) is 0 Å². The lowest BCUT2D eigenvalue weighted by Gasteiger charge is -2.22. The van der Waals surface area contributed by atoms with E-state index in [0.717, 1.165) is 5.69 Å². The fraction of sp³-hybridized carbons (Fsp3) is 0.316. The Labute approximate surface area is 136 Å². The molecule has 0 atom stereocenters. The normalized spacial score (nSPS) is 15.3. The van der Waals surface area contributed by atoms with Crippen LogP contribution in [0.3, 0.4) is 0 Å². The molecule has 0 unspecified atom stereocenters. The molecule has 0 aromatic heterocycles. The third kappa shape index (κ3) is 3.83. The molecule has 0 radical (unpaired) electrons. The van der Waals surface area contributed by atoms with Gasteiger partial charge in [0.25, 0.3) is 5.91 Å². The van der Waals surface area contributed by atoms with Crippen LogP contribution >= 0.6 is 0 Å². The maximum absolute atomic E-state index is 12.4. The van der Waals surface area contributed by atoms with Crippen molar-refractivity contribution in [3.63, 3.8) is 0 Å². The monoisotopic (exact) mass is 309 g/mol. The molecule has 4 nitrogen and oxygen atoms in total. The van der Waals surface area contributed by atoms with Crippen molar-refractivity contribution in [1.29, 1.82) is 0 Å². The number of nitrogens with one attached hydrogen (secondary N) is 1. The zero-order chi connectivity index (χ0) is 16.2. The molecular weight excluding hydrogens is 286 g/mol. The number of anilines is 3. The molecule has 2 aromatic rings. The number of carbonyl (C=O) groups is 1. The smallest absolute Gasteiger partial charge is 0.255 e. The second-order valence-electron chi connectivity index (χ2n) is 6.30. The molecule has 0 saturated heterocycles. The lowest BCUT2D eigenvalue weighted by Crippen LogP contribution is -2.13. The van der Waals surface area contributed by atoms with Gasteiger partial charge in [-0.2, -0.15) is 0 Å². The molecule has 4 heteroatoms. The molecular formula is C19H23N3O. The van der Waals surface area contributed by atoms with E-state index in [4.69, 9.17) is 11.5 Å². The summed E-state index contributed by atoms with van der Waals surface area (Å²) in [5.74, 6) is 0.424. The average Bonchev–Trinajstić information content (AvgIpc) is 2.55. The molecule has 1 aliphatic carbocycles. The number of nitrogen functional groups attached to an aromatic ring is 2. The molecule has 0 aliphatic heterocycles. The molecule has 120 valence electrons. The van der Waals surface area contributed by atoms with E-state index in [1.165, 1.54) is 37.7 Å². The van der Waals surface area contributed by atoms with Crippen molar-refractivity contribution in [1.82, 2.24) is 0 Å². The highest BCUT2D eigenvalue weighted by Gasteiger charge is 2.16. The lowest BCUT2D eigenvalue weighted by molar-refractivity contribution is 0.102. The molecule has 2 aromatic carbocycles. The molecule has 0 heterocycles. The quantitative estimate of drug-likeness (QED) is 0.745. The number of benzene rings is 2. The van der Waals surface area contributed by atoms with E-state index in [1.807, 2.05) is 12.1 Å². The van der Waals surface area contributed by atoms with Crippen molar-refractivity contribution in [3.05, 3.63) is 53.6 Å². The zero-order valence-corrected chi connectivity index (χ0v) is 13.2. The molecule has 1 fully saturated rings. The predicted octanol–water partition coefficient (Wildman–Crippen LogP) is 4.15. The number of amides is 1. The van der Waals surface area contributed by atoms with Gasteiger partial charge in [-0.3, -0.25) is 4.79 Å². The standard InChI is InChI=1S/C19H23N3O/c20-16-9-15(10-17(21)12-16)19(23)22-18-8-4-7-14(11-18)13-5-2-1-3-6-13/h4,7-13H,1-3,5-6,20-21H2,(H,22,23). The Morgan fingerprint density at radius 2 is 1.65 bits per heavy atom. The molecule has 3 rings (SSSR count). The third-order valence-electron chi connectivity index (χ3n) is 4.46. The van der Waals surface area contributed by atoms with E-state index in [1.54, 1.807) is 18.2 Å². The first-order valence-corrected chi connectivity index (χ1v) is 8.19. The van der Waals surface area contributed by atoms with Crippen LogP contribution in [-0.2, 0) is 0 Å². The van der Waals surface area contributed by atoms with Crippen molar-refractivity contribution in [2.24, 2.45) is 0 Å². The Kier molecular flexibility index (Phi) is 4.51. The third-order valence-corrected chi connectivity index (χ3v) is 4.46. The number of rotatable bonds is 3. The van der Waals surface area contributed by atoms with Crippen molar-refractivity contribution < 1.29 is 4.79 Å². The van der Waals surface area contributed by atoms with Crippen molar-refractivity contribution in [2.75, 3.05) is 16.8 Å². The second kappa shape index (κ2) is 6.73. The number of hydrogen-bond donors (Lipinski definition) is 3. The molecule has 0 spiro atoms. The number of carbonyl (C=O) groups excluding carboxylic acids is 1. The summed E-state index contributed by atoms with van der Waals surface area (Å²) in [5, 5.41) is 2.94. The number of nitrogens with two attached hydrogens (primary N) is 2. The maximum atomic E-state index is 12.4. The molecule has 1 aliphatic rings. The average molecular weight is 309 g/mol. The number of hydrogen-bond acceptors (Lipinski definition) is 3. The van der Waals surface area contributed by atoms with E-state index < -0.39 is 0 Å². The minimum absolute atomic E-state index is 0.190. The SMILES string of the molecule is Nc1cc(N)cc(C(=O)Nc2cccc(C3CCCCC3)c2)c1. The Balaban J connectivity index is 1.75. The van der Waals surface area contributed by atoms with Crippen LogP contribution < -0.4 is 16.8 Å². The van der Waals surface area contributed by atoms with Crippen molar-refractivity contribution in [3.8, 4) is 0 Å². The summed E-state index contributed by atoms with van der Waals surface area (Å²) in [4.78, 5) is 12.4. The zero-order valence-electron chi connectivity index (χ0n) is 13.2. The molecule has 1 saturated carbocycles. The largest absolute Gasteiger partial charge is 0.399 e. The highest BCUT2D eigenvalue weighted by molar-refractivity contribution is 6.05. The van der Waals surface area contributed by atoms with Gasteiger partial charge in [0, 0.05) is 22.6 Å². The minimum atomic E-state index is -0.190. The fourth-order valence-electron chi connectivity index (χ4n) is 3.32. The van der Waals surface area contributed by atoms with Crippen LogP contribution in [0.15, 0.2) is 42.5 Å². The Bertz CT molecular complexity index is 685. The highest BCUT2D eigenvalue weighted by Crippen LogP contribution is 2.33. The van der Waals surface area contributed by atoms with Gasteiger partial charge < -0.3 is 16.8 Å². The van der Waals surface area contributed by atoms with Crippen molar-refractivity contribution in [2.45, 2.75) is 38.0 Å². The summed E-state index contributed by atoms with van der Waals surface area (Å²) in [7, 11) is 0. The van der Waals surface area contributed by atoms with Gasteiger partial charge in [-0.15, -0.1) is 0 Å². The second-order valence-corrected chi connectivity index (χ2v) is 6.30. The van der Waals surface area contributed by atoms with E-state index in [0.29, 0.717) is 22.9 Å². The van der Waals surface area contributed by atoms with Crippen molar-refractivity contribution >= 4 is 23.0 Å². The fourth-order valence-corrected chi connectivity index (χ4v) is 3.32. The van der Waals surface area contributed by atoms with E-state index in [2.05, 4.69) is 17.4 Å². The topological polar surface area (TPSA) is 81.1 Å². The van der Waals surface area contributed by atoms with Gasteiger partial charge in [0.2, 0.25) is 0 Å². The first-order chi connectivity index (χ1) is 11.1. The van der Waals surface area contributed by atoms with E-state index >= 15 is 0 Å². The summed E-state index contributed by atoms with van der Waals surface area (Å²) >= 11 is 0. The minimum Gasteiger partial charge on any atom is -0.399 e. The van der Waals surface area contributed by atoms with Crippen LogP contribution in [0.5, 0.6) is 0 Å². The summed E-state index contributed by atoms with van der Waals surface area (Å²) in [6, 6.07) is 13.1. The van der Waals surface area contributed by atoms with Crippen LogP contribution in [0.1, 0.15) is 53.9 Å². The summed E-state index contributed by atoms with van der Waals surface area (Å²) in [6.07, 6.45) is 6.41. The van der Waals surface area contributed by atoms with E-state index in [9.17, 15) is 4.79 Å². The van der Waals surface area contributed by atoms with Gasteiger partial charge in [0.15, 0.2) is 0 Å². The first kappa shape index (κ1) is 15.4. The first-order valence-electron chi connectivity index (χ1n) is 8.19. The van der Waals surface area contributed by atoms with Gasteiger partial charge in [-0.05, 0) is 54.7 Å². The van der Waals surface area contributed by atoms with Gasteiger partial charge in [-0.1, -0.05) is 31.4 Å². The maximum Gasteiger partial charge on any atom is 0.255 e. The summed E-state index contributed by atoms with van der Waals surface area (Å²) in [6.45, 7) is 0. The summed E-state index contributed by atoms with van der Waals surface area (Å²) in [5.41, 5.74) is 15.1. The highest BCUT2D eigenvalue weighted by atomic mass is 16.1. The van der Waals surface area contributed by atoms with Gasteiger partial charge in [0.1, 0.15) is 0 Å². The predicted molar refractivity (Wildman–Crippen MR) is 95.5 cm³/mol. The Morgan fingerprint density at radius 3 is 2.35 bits per heavy atom. The molecule has 23 heavy (non-hydrogen) atoms. The van der Waals surface area contributed by atoms with Gasteiger partial charge in [0.05, 0.1) is 0 Å². The van der Waals surface area contributed by atoms with Gasteiger partial charge >= 0.3 is 0 Å². The Morgan fingerprint density at radius 1 is 0.957 bits per heavy atom. The van der Waals surface area contributed by atoms with E-state index in [-0.39, 0.29) is 5.91 Å². The molecule has 1 amide bonds. The van der Waals surface area contributed by atoms with Crippen LogP contribution in [0.4, 0.5) is 17.1 Å². The van der Waals surface area contributed by atoms with Crippen LogP contribution in [0, 0.1) is 0 Å². The molecule has 5 N–H and O–H groups in total. The Hall–Kier alpha value is -2.49. The van der Waals surface area contributed by atoms with Gasteiger partial charge in [-0.25, -0.2) is 0 Å². The van der Waals surface area contributed by atoms with Crippen LogP contribution in [0.25, 0.3) is 0 Å². The summed E-state index contributed by atoms with van der Waals surface area (Å²) < 4.78 is 0. The molecule has 0 bridgehead atoms.